The molecule has 0 aliphatic carbocycles. The number of aromatic amines is 1. The second-order valence-electron chi connectivity index (χ2n) is 7.46. The number of nitrogens with zero attached hydrogens (tertiary/aromatic N) is 1. The van der Waals surface area contributed by atoms with Crippen LogP contribution in [0.1, 0.15) is 43.7 Å². The zero-order chi connectivity index (χ0) is 17.8. The Morgan fingerprint density at radius 3 is 2.80 bits per heavy atom. The predicted molar refractivity (Wildman–Crippen MR) is 103 cm³/mol. The van der Waals surface area contributed by atoms with Crippen LogP contribution in [0.15, 0.2) is 24.4 Å². The van der Waals surface area contributed by atoms with Gasteiger partial charge in [0.15, 0.2) is 0 Å². The summed E-state index contributed by atoms with van der Waals surface area (Å²) in [5.41, 5.74) is 4.01. The number of fused-ring (bicyclic) bond motifs is 1. The standard InChI is InChI=1S/C20H30N4O/c1-14(2)23-20(25)21-8-11-24-9-6-16(7-10-24)18-13-22-19-12-15(3)4-5-17(18)19/h4-5,12-14,16,22H,6-11H2,1-3H3,(H2,21,23,25). The molecule has 3 N–H and O–H groups in total. The molecular weight excluding hydrogens is 312 g/mol. The highest BCUT2D eigenvalue weighted by Crippen LogP contribution is 2.33. The van der Waals surface area contributed by atoms with Gasteiger partial charge in [-0.3, -0.25) is 0 Å². The quantitative estimate of drug-likeness (QED) is 0.780. The molecule has 1 fully saturated rings. The first-order chi connectivity index (χ1) is 12.0. The molecule has 0 spiro atoms. The van der Waals surface area contributed by atoms with Crippen molar-refractivity contribution in [3.8, 4) is 0 Å². The fourth-order valence-corrected chi connectivity index (χ4v) is 3.71. The number of hydrogen-bond acceptors (Lipinski definition) is 2. The molecule has 2 heterocycles. The highest BCUT2D eigenvalue weighted by Gasteiger charge is 2.22. The van der Waals surface area contributed by atoms with Gasteiger partial charge in [-0.2, -0.15) is 0 Å². The number of benzene rings is 1. The average Bonchev–Trinajstić information content (AvgIpc) is 2.97. The smallest absolute Gasteiger partial charge is 0.315 e. The van der Waals surface area contributed by atoms with Crippen LogP contribution >= 0.6 is 0 Å². The van der Waals surface area contributed by atoms with Crippen LogP contribution < -0.4 is 10.6 Å². The van der Waals surface area contributed by atoms with Crippen molar-refractivity contribution in [2.75, 3.05) is 26.2 Å². The fraction of sp³-hybridized carbons (Fsp3) is 0.550. The lowest BCUT2D eigenvalue weighted by molar-refractivity contribution is 0.208. The number of rotatable bonds is 5. The summed E-state index contributed by atoms with van der Waals surface area (Å²) in [6.45, 7) is 9.88. The Balaban J connectivity index is 1.47. The van der Waals surface area contributed by atoms with E-state index in [-0.39, 0.29) is 12.1 Å². The molecular formula is C20H30N4O. The molecule has 25 heavy (non-hydrogen) atoms. The number of urea groups is 1. The summed E-state index contributed by atoms with van der Waals surface area (Å²) in [6.07, 6.45) is 4.56. The Morgan fingerprint density at radius 2 is 2.08 bits per heavy atom. The van der Waals surface area contributed by atoms with E-state index < -0.39 is 0 Å². The molecule has 1 aromatic heterocycles. The molecule has 0 atom stereocenters. The Bertz CT molecular complexity index is 714. The second-order valence-corrected chi connectivity index (χ2v) is 7.46. The van der Waals surface area contributed by atoms with E-state index in [1.54, 1.807) is 0 Å². The number of piperidine rings is 1. The van der Waals surface area contributed by atoms with Crippen LogP contribution in [0.3, 0.4) is 0 Å². The van der Waals surface area contributed by atoms with E-state index in [2.05, 4.69) is 51.8 Å². The normalized spacial score (nSPS) is 16.5. The van der Waals surface area contributed by atoms with E-state index in [0.29, 0.717) is 12.5 Å². The van der Waals surface area contributed by atoms with Crippen LogP contribution in [0.2, 0.25) is 0 Å². The van der Waals surface area contributed by atoms with Gasteiger partial charge < -0.3 is 20.5 Å². The van der Waals surface area contributed by atoms with Crippen LogP contribution in [0.5, 0.6) is 0 Å². The van der Waals surface area contributed by atoms with Crippen molar-refractivity contribution >= 4 is 16.9 Å². The predicted octanol–water partition coefficient (Wildman–Crippen LogP) is 3.36. The zero-order valence-electron chi connectivity index (χ0n) is 15.6. The van der Waals surface area contributed by atoms with Crippen molar-refractivity contribution < 1.29 is 4.79 Å². The first-order valence-electron chi connectivity index (χ1n) is 9.37. The number of H-pyrrole nitrogens is 1. The summed E-state index contributed by atoms with van der Waals surface area (Å²) in [5, 5.41) is 7.16. The third-order valence-corrected chi connectivity index (χ3v) is 5.03. The minimum absolute atomic E-state index is 0.0704. The molecule has 1 aliphatic heterocycles. The number of carbonyl (C=O) groups is 1. The number of carbonyl (C=O) groups excluding carboxylic acids is 1. The van der Waals surface area contributed by atoms with E-state index in [0.717, 1.165) is 19.6 Å². The maximum Gasteiger partial charge on any atom is 0.315 e. The number of hydrogen-bond donors (Lipinski definition) is 3. The minimum Gasteiger partial charge on any atom is -0.361 e. The van der Waals surface area contributed by atoms with Gasteiger partial charge in [-0.1, -0.05) is 12.1 Å². The first-order valence-corrected chi connectivity index (χ1v) is 9.37. The summed E-state index contributed by atoms with van der Waals surface area (Å²) in [6, 6.07) is 6.78. The van der Waals surface area contributed by atoms with E-state index in [9.17, 15) is 4.79 Å². The molecule has 2 aromatic rings. The first kappa shape index (κ1) is 17.8. The third-order valence-electron chi connectivity index (χ3n) is 5.03. The summed E-state index contributed by atoms with van der Waals surface area (Å²) in [4.78, 5) is 17.5. The van der Waals surface area contributed by atoms with Crippen molar-refractivity contribution in [3.05, 3.63) is 35.5 Å². The Labute approximate surface area is 150 Å². The van der Waals surface area contributed by atoms with Crippen molar-refractivity contribution in [1.29, 1.82) is 0 Å². The number of likely N-dealkylation sites (tertiary alicyclic amines) is 1. The summed E-state index contributed by atoms with van der Waals surface area (Å²) < 4.78 is 0. The number of nitrogens with one attached hydrogen (secondary N) is 3. The lowest BCUT2D eigenvalue weighted by Crippen LogP contribution is -2.44. The van der Waals surface area contributed by atoms with Crippen molar-refractivity contribution in [2.24, 2.45) is 0 Å². The van der Waals surface area contributed by atoms with E-state index in [1.165, 1.54) is 34.9 Å². The molecule has 3 rings (SSSR count). The minimum atomic E-state index is -0.0704. The highest BCUT2D eigenvalue weighted by atomic mass is 16.2. The molecule has 0 unspecified atom stereocenters. The van der Waals surface area contributed by atoms with Gasteiger partial charge in [0.05, 0.1) is 0 Å². The lowest BCUT2D eigenvalue weighted by Gasteiger charge is -2.32. The zero-order valence-corrected chi connectivity index (χ0v) is 15.6. The van der Waals surface area contributed by atoms with Crippen molar-refractivity contribution in [3.63, 3.8) is 0 Å². The maximum atomic E-state index is 11.6. The SMILES string of the molecule is Cc1ccc2c(C3CCN(CCNC(=O)NC(C)C)CC3)c[nH]c2c1. The van der Waals surface area contributed by atoms with E-state index >= 15 is 0 Å². The van der Waals surface area contributed by atoms with Gasteiger partial charge in [0.2, 0.25) is 0 Å². The molecule has 0 saturated carbocycles. The summed E-state index contributed by atoms with van der Waals surface area (Å²) in [5.74, 6) is 0.630. The average molecular weight is 342 g/mol. The molecule has 136 valence electrons. The maximum absolute atomic E-state index is 11.6. The molecule has 2 amide bonds. The molecule has 0 bridgehead atoms. The fourth-order valence-electron chi connectivity index (χ4n) is 3.71. The van der Waals surface area contributed by atoms with Gasteiger partial charge in [0.25, 0.3) is 0 Å². The topological polar surface area (TPSA) is 60.2 Å². The molecule has 1 saturated heterocycles. The van der Waals surface area contributed by atoms with Gasteiger partial charge in [-0.05, 0) is 69.8 Å². The molecule has 1 aromatic carbocycles. The van der Waals surface area contributed by atoms with Crippen LogP contribution in [0.25, 0.3) is 10.9 Å². The van der Waals surface area contributed by atoms with Crippen molar-refractivity contribution in [2.45, 2.75) is 45.6 Å². The highest BCUT2D eigenvalue weighted by molar-refractivity contribution is 5.84. The largest absolute Gasteiger partial charge is 0.361 e. The van der Waals surface area contributed by atoms with Crippen LogP contribution in [-0.4, -0.2) is 48.1 Å². The monoisotopic (exact) mass is 342 g/mol. The number of amides is 2. The number of aryl methyl sites for hydroxylation is 1. The third kappa shape index (κ3) is 4.54. The summed E-state index contributed by atoms with van der Waals surface area (Å²) >= 11 is 0. The van der Waals surface area contributed by atoms with Gasteiger partial charge in [-0.15, -0.1) is 0 Å². The Hall–Kier alpha value is -2.01. The second kappa shape index (κ2) is 7.91. The number of aromatic nitrogens is 1. The molecule has 1 aliphatic rings. The van der Waals surface area contributed by atoms with Crippen molar-refractivity contribution in [1.82, 2.24) is 20.5 Å². The Kier molecular flexibility index (Phi) is 5.63. The van der Waals surface area contributed by atoms with Crippen LogP contribution in [0.4, 0.5) is 4.79 Å². The van der Waals surface area contributed by atoms with Gasteiger partial charge in [-0.25, -0.2) is 4.79 Å². The molecule has 0 radical (unpaired) electrons. The van der Waals surface area contributed by atoms with E-state index in [1.807, 2.05) is 13.8 Å². The summed E-state index contributed by atoms with van der Waals surface area (Å²) in [7, 11) is 0. The molecule has 5 heteroatoms. The lowest BCUT2D eigenvalue weighted by atomic mass is 9.89. The van der Waals surface area contributed by atoms with Crippen LogP contribution in [0, 0.1) is 6.92 Å². The van der Waals surface area contributed by atoms with Crippen LogP contribution in [-0.2, 0) is 0 Å². The molecule has 5 nitrogen and oxygen atoms in total. The van der Waals surface area contributed by atoms with Gasteiger partial charge in [0.1, 0.15) is 0 Å². The van der Waals surface area contributed by atoms with E-state index in [4.69, 9.17) is 0 Å². The van der Waals surface area contributed by atoms with Gasteiger partial charge >= 0.3 is 6.03 Å². The Morgan fingerprint density at radius 1 is 1.32 bits per heavy atom. The van der Waals surface area contributed by atoms with Gasteiger partial charge in [0, 0.05) is 36.2 Å².